The van der Waals surface area contributed by atoms with Crippen LogP contribution < -0.4 is 15.9 Å². The molecule has 1 aliphatic carbocycles. The summed E-state index contributed by atoms with van der Waals surface area (Å²) in [6.07, 6.45) is 7.69. The molecule has 0 fully saturated rings. The molecule has 1 unspecified atom stereocenters. The summed E-state index contributed by atoms with van der Waals surface area (Å²) in [6.45, 7) is -0.796. The number of benzene rings is 3. The highest BCUT2D eigenvalue weighted by Gasteiger charge is 2.37. The van der Waals surface area contributed by atoms with Crippen LogP contribution in [0.1, 0.15) is 32.6 Å². The largest absolute Gasteiger partial charge is 0.462 e. The highest BCUT2D eigenvalue weighted by Crippen LogP contribution is 2.47. The van der Waals surface area contributed by atoms with E-state index >= 15 is 0 Å². The molecule has 174 valence electrons. The number of hydrogen-bond acceptors (Lipinski definition) is 3. The number of rotatable bonds is 8. The molecule has 0 N–H and O–H groups in total. The van der Waals surface area contributed by atoms with Crippen molar-refractivity contribution in [1.82, 2.24) is 0 Å². The number of ether oxygens (including phenoxy) is 1. The van der Waals surface area contributed by atoms with Gasteiger partial charge in [-0.2, -0.15) is 0 Å². The molecular formula is C30H31O3P. The topological polar surface area (TPSA) is 43.4 Å². The molecule has 0 amide bonds. The smallest absolute Gasteiger partial charge is 0.342 e. The van der Waals surface area contributed by atoms with Gasteiger partial charge >= 0.3 is 5.97 Å². The third kappa shape index (κ3) is 4.86. The summed E-state index contributed by atoms with van der Waals surface area (Å²) in [7, 11) is 0. The molecule has 4 rings (SSSR count). The van der Waals surface area contributed by atoms with Gasteiger partial charge in [0.05, 0.1) is 6.61 Å². The number of allylic oxidation sites excluding steroid dienone is 2. The van der Waals surface area contributed by atoms with Crippen molar-refractivity contribution >= 4 is 39.8 Å². The van der Waals surface area contributed by atoms with Gasteiger partial charge in [-0.15, -0.1) is 0 Å². The number of Topliss-reactive ketones (excluding diaryl/α,β-unsaturated/α-hetero) is 1. The van der Waals surface area contributed by atoms with Crippen molar-refractivity contribution in [3.05, 3.63) is 103 Å². The lowest BCUT2D eigenvalue weighted by atomic mass is 9.91. The van der Waals surface area contributed by atoms with E-state index < -0.39 is 12.9 Å². The molecule has 1 atom stereocenters. The van der Waals surface area contributed by atoms with Crippen LogP contribution in [0.25, 0.3) is 0 Å². The third-order valence-electron chi connectivity index (χ3n) is 6.30. The maximum atomic E-state index is 14.2. The predicted octanol–water partition coefficient (Wildman–Crippen LogP) is 5.03. The number of esters is 1. The summed E-state index contributed by atoms with van der Waals surface area (Å²) in [4.78, 5) is 27.9. The Labute approximate surface area is 202 Å². The zero-order valence-corrected chi connectivity index (χ0v) is 20.5. The van der Waals surface area contributed by atoms with Crippen LogP contribution >= 0.6 is 6.89 Å². The zero-order chi connectivity index (χ0) is 23.8. The van der Waals surface area contributed by atoms with Gasteiger partial charge in [0.15, 0.2) is 5.78 Å². The maximum absolute atomic E-state index is 14.2. The number of carbonyl (C=O) groups is 2. The second-order valence-electron chi connectivity index (χ2n) is 8.49. The van der Waals surface area contributed by atoms with Crippen molar-refractivity contribution in [2.24, 2.45) is 5.92 Å². The fourth-order valence-corrected chi connectivity index (χ4v) is 9.15. The second-order valence-corrected chi connectivity index (χ2v) is 11.8. The van der Waals surface area contributed by atoms with E-state index in [9.17, 15) is 9.59 Å². The first-order chi connectivity index (χ1) is 16.7. The molecule has 0 saturated heterocycles. The van der Waals surface area contributed by atoms with Gasteiger partial charge in [0, 0.05) is 6.42 Å². The average molecular weight is 471 g/mol. The van der Waals surface area contributed by atoms with E-state index in [-0.39, 0.29) is 23.6 Å². The van der Waals surface area contributed by atoms with Crippen LogP contribution in [0, 0.1) is 5.92 Å². The van der Waals surface area contributed by atoms with Crippen molar-refractivity contribution in [1.29, 1.82) is 0 Å². The molecule has 0 saturated carbocycles. The van der Waals surface area contributed by atoms with Crippen molar-refractivity contribution in [2.75, 3.05) is 6.61 Å². The van der Waals surface area contributed by atoms with Gasteiger partial charge in [-0.05, 0) is 54.9 Å². The van der Waals surface area contributed by atoms with E-state index in [0.717, 1.165) is 35.2 Å². The van der Waals surface area contributed by atoms with Crippen molar-refractivity contribution < 1.29 is 14.3 Å². The predicted molar refractivity (Wildman–Crippen MR) is 143 cm³/mol. The summed E-state index contributed by atoms with van der Waals surface area (Å²) >= 11 is 0. The molecule has 3 aromatic carbocycles. The summed E-state index contributed by atoms with van der Waals surface area (Å²) in [5, 5.41) is 3.21. The molecule has 0 bridgehead atoms. The fraction of sp³-hybridized carbons (Fsp3) is 0.233. The van der Waals surface area contributed by atoms with Crippen molar-refractivity contribution in [3.63, 3.8) is 0 Å². The molecule has 0 aliphatic heterocycles. The normalized spacial score (nSPS) is 15.5. The van der Waals surface area contributed by atoms with Gasteiger partial charge in [-0.1, -0.05) is 103 Å². The van der Waals surface area contributed by atoms with Crippen LogP contribution in [0.15, 0.2) is 103 Å². The maximum Gasteiger partial charge on any atom is 0.342 e. The van der Waals surface area contributed by atoms with Crippen molar-refractivity contribution in [2.45, 2.75) is 32.6 Å². The number of hydrogen-bond donors (Lipinski definition) is 0. The van der Waals surface area contributed by atoms with Gasteiger partial charge < -0.3 is 4.74 Å². The zero-order valence-electron chi connectivity index (χ0n) is 19.6. The first kappa shape index (κ1) is 24.0. The average Bonchev–Trinajstić information content (AvgIpc) is 2.89. The fourth-order valence-electron chi connectivity index (χ4n) is 4.81. The summed E-state index contributed by atoms with van der Waals surface area (Å²) in [5.74, 6) is -0.466. The van der Waals surface area contributed by atoms with Gasteiger partial charge in [-0.25, -0.2) is 4.79 Å². The molecule has 3 aromatic rings. The Morgan fingerprint density at radius 3 is 1.74 bits per heavy atom. The molecule has 1 aliphatic rings. The van der Waals surface area contributed by atoms with Crippen LogP contribution in [-0.4, -0.2) is 23.7 Å². The third-order valence-corrected chi connectivity index (χ3v) is 10.6. The van der Waals surface area contributed by atoms with Gasteiger partial charge in [0.1, 0.15) is 5.29 Å². The number of carbonyl (C=O) groups excluding carboxylic acids is 2. The molecule has 34 heavy (non-hydrogen) atoms. The lowest BCUT2D eigenvalue weighted by Crippen LogP contribution is -2.39. The van der Waals surface area contributed by atoms with Crippen LogP contribution in [0.4, 0.5) is 0 Å². The van der Waals surface area contributed by atoms with Crippen LogP contribution in [0.5, 0.6) is 0 Å². The minimum atomic E-state index is -2.80. The van der Waals surface area contributed by atoms with E-state index in [1.165, 1.54) is 0 Å². The highest BCUT2D eigenvalue weighted by atomic mass is 31.2. The van der Waals surface area contributed by atoms with E-state index in [1.54, 1.807) is 6.92 Å². The van der Waals surface area contributed by atoms with Crippen LogP contribution in [-0.2, 0) is 14.3 Å². The molecule has 4 heteroatoms. The standard InChI is InChI=1S/C30H31O3P/c1-2-33-30(32)29(28(31)23-24-15-7-3-8-16-24)34(25-17-9-4-10-18-25,26-19-11-5-12-20-26)27-21-13-6-14-22-27/h4-7,9-15,17-22,24H,2-3,8,16,23H2,1H3. The molecule has 3 nitrogen and oxygen atoms in total. The lowest BCUT2D eigenvalue weighted by molar-refractivity contribution is -0.135. The van der Waals surface area contributed by atoms with E-state index in [1.807, 2.05) is 91.0 Å². The first-order valence-corrected chi connectivity index (χ1v) is 13.8. The molecule has 0 radical (unpaired) electrons. The summed E-state index contributed by atoms with van der Waals surface area (Å²) in [5.41, 5.74) is 0. The molecule has 0 aromatic heterocycles. The first-order valence-electron chi connectivity index (χ1n) is 12.0. The minimum absolute atomic E-state index is 0.111. The monoisotopic (exact) mass is 470 g/mol. The Morgan fingerprint density at radius 1 is 0.824 bits per heavy atom. The Morgan fingerprint density at radius 2 is 1.32 bits per heavy atom. The van der Waals surface area contributed by atoms with E-state index in [2.05, 4.69) is 12.2 Å². The van der Waals surface area contributed by atoms with Crippen LogP contribution in [0.2, 0.25) is 0 Å². The Hall–Kier alpha value is -3.16. The van der Waals surface area contributed by atoms with Crippen LogP contribution in [0.3, 0.4) is 0 Å². The van der Waals surface area contributed by atoms with Crippen molar-refractivity contribution in [3.8, 4) is 0 Å². The van der Waals surface area contributed by atoms with E-state index in [4.69, 9.17) is 4.74 Å². The van der Waals surface area contributed by atoms with Gasteiger partial charge in [0.2, 0.25) is 0 Å². The number of ketones is 1. The summed E-state index contributed by atoms with van der Waals surface area (Å²) in [6, 6.07) is 30.0. The minimum Gasteiger partial charge on any atom is -0.462 e. The van der Waals surface area contributed by atoms with Gasteiger partial charge in [0.25, 0.3) is 0 Å². The molecule has 0 spiro atoms. The Bertz CT molecular complexity index is 1090. The molecular weight excluding hydrogens is 439 g/mol. The second kappa shape index (κ2) is 11.3. The quantitative estimate of drug-likeness (QED) is 0.201. The Kier molecular flexibility index (Phi) is 7.98. The molecule has 0 heterocycles. The summed E-state index contributed by atoms with van der Waals surface area (Å²) < 4.78 is 5.60. The lowest BCUT2D eigenvalue weighted by Gasteiger charge is -2.32. The SMILES string of the molecule is CCOC(=O)C(C(=O)CC1C=CCCC1)=P(c1ccccc1)(c1ccccc1)c1ccccc1. The van der Waals surface area contributed by atoms with Gasteiger partial charge in [-0.3, -0.25) is 4.79 Å². The van der Waals surface area contributed by atoms with E-state index in [0.29, 0.717) is 6.42 Å². The highest BCUT2D eigenvalue weighted by molar-refractivity contribution is 7.97. The Balaban J connectivity index is 2.11.